The molecule has 2 fully saturated rings. The van der Waals surface area contributed by atoms with E-state index in [1.807, 2.05) is 27.7 Å². The number of ether oxygens (including phenoxy) is 2. The zero-order valence-corrected chi connectivity index (χ0v) is 24.1. The molecule has 2 heterocycles. The van der Waals surface area contributed by atoms with Crippen LogP contribution in [0.15, 0.2) is 24.3 Å². The third-order valence-corrected chi connectivity index (χ3v) is 10.1. The number of unbranched alkanes of at least 4 members (excludes halogenated alkanes) is 1. The number of anilines is 1. The first-order valence-corrected chi connectivity index (χ1v) is 16.0. The Hall–Kier alpha value is -1.30. The zero-order valence-electron chi connectivity index (χ0n) is 22.5. The van der Waals surface area contributed by atoms with Gasteiger partial charge in [-0.1, -0.05) is 27.7 Å². The van der Waals surface area contributed by atoms with Gasteiger partial charge in [0.15, 0.2) is 12.8 Å². The van der Waals surface area contributed by atoms with Crippen LogP contribution >= 0.6 is 21.6 Å². The van der Waals surface area contributed by atoms with Crippen molar-refractivity contribution in [3.63, 3.8) is 0 Å². The minimum atomic E-state index is -1.86. The molecule has 10 atom stereocenters. The van der Waals surface area contributed by atoms with Crippen LogP contribution in [-0.4, -0.2) is 144 Å². The highest BCUT2D eigenvalue weighted by Crippen LogP contribution is 2.39. The lowest BCUT2D eigenvalue weighted by molar-refractivity contribution is -0.438. The van der Waals surface area contributed by atoms with Gasteiger partial charge in [0.1, 0.15) is 42.7 Å². The van der Waals surface area contributed by atoms with E-state index in [2.05, 4.69) is 5.32 Å². The Morgan fingerprint density at radius 1 is 1.07 bits per heavy atom. The summed E-state index contributed by atoms with van der Waals surface area (Å²) in [5, 5.41) is 83.8. The molecule has 1 aromatic rings. The molecule has 2 saturated heterocycles. The van der Waals surface area contributed by atoms with Crippen molar-refractivity contribution in [3.05, 3.63) is 24.3 Å². The Kier molecular flexibility index (Phi) is 14.3. The first kappa shape index (κ1) is 34.2. The molecule has 2 aliphatic rings. The van der Waals surface area contributed by atoms with E-state index in [1.165, 1.54) is 16.7 Å². The van der Waals surface area contributed by atoms with Gasteiger partial charge >= 0.3 is 6.08 Å². The van der Waals surface area contributed by atoms with E-state index < -0.39 is 68.3 Å². The molecule has 13 nitrogen and oxygen atoms in total. The summed E-state index contributed by atoms with van der Waals surface area (Å²) in [7, 11) is 3.84. The summed E-state index contributed by atoms with van der Waals surface area (Å²) >= 11 is 0. The number of aliphatic hydroxyl groups is 8. The van der Waals surface area contributed by atoms with Crippen LogP contribution in [0.1, 0.15) is 25.7 Å². The molecule has 0 spiro atoms. The molecule has 0 bridgehead atoms. The number of nitrogens with one attached hydrogen (secondary N) is 1. The number of nitrogens with zero attached hydrogens (tertiary/aromatic N) is 1. The number of isocyanates is 1. The summed E-state index contributed by atoms with van der Waals surface area (Å²) in [4.78, 5) is 11.6. The summed E-state index contributed by atoms with van der Waals surface area (Å²) in [6.07, 6.45) is -8.45. The van der Waals surface area contributed by atoms with Crippen molar-refractivity contribution in [1.29, 1.82) is 0 Å². The fraction of sp³-hybridized carbons (Fsp3) is 0.731. The minimum Gasteiger partial charge on any atom is -0.394 e. The second kappa shape index (κ2) is 17.1. The summed E-state index contributed by atoms with van der Waals surface area (Å²) < 4.78 is 11.8. The molecular weight excluding hydrogens is 580 g/mol. The SMILES string of the molecule is O=C=[N+](CCCCC1CCSS1)c1cccc(NCC(O)C(O)C(O)C(O)COC2OC(CO)C(O)C(O)C2O)c1. The maximum Gasteiger partial charge on any atom is 0.430 e. The molecule has 0 radical (unpaired) electrons. The van der Waals surface area contributed by atoms with Gasteiger partial charge in [-0.25, -0.2) is 0 Å². The first-order chi connectivity index (χ1) is 19.7. The van der Waals surface area contributed by atoms with Crippen LogP contribution in [0.5, 0.6) is 0 Å². The molecule has 0 saturated carbocycles. The average molecular weight is 622 g/mol. The van der Waals surface area contributed by atoms with Gasteiger partial charge in [-0.2, -0.15) is 4.79 Å². The number of benzene rings is 1. The molecule has 0 amide bonds. The fourth-order valence-corrected chi connectivity index (χ4v) is 7.54. The van der Waals surface area contributed by atoms with E-state index in [9.17, 15) is 45.6 Å². The van der Waals surface area contributed by atoms with E-state index in [0.29, 0.717) is 23.2 Å². The Balaban J connectivity index is 1.44. The molecule has 0 aromatic heterocycles. The molecule has 41 heavy (non-hydrogen) atoms. The van der Waals surface area contributed by atoms with Crippen molar-refractivity contribution in [2.24, 2.45) is 0 Å². The molecule has 2 aliphatic heterocycles. The van der Waals surface area contributed by atoms with Crippen molar-refractivity contribution < 1.29 is 59.7 Å². The van der Waals surface area contributed by atoms with Crippen LogP contribution in [0.4, 0.5) is 11.4 Å². The number of carbonyl (C=O) groups excluding carboxylic acids is 1. The van der Waals surface area contributed by atoms with Crippen molar-refractivity contribution in [3.8, 4) is 0 Å². The van der Waals surface area contributed by atoms with Crippen LogP contribution in [0, 0.1) is 0 Å². The topological polar surface area (TPSA) is 212 Å². The molecular formula is C26H41N2O11S2+. The Morgan fingerprint density at radius 3 is 2.51 bits per heavy atom. The van der Waals surface area contributed by atoms with Crippen molar-refractivity contribution in [1.82, 2.24) is 0 Å². The average Bonchev–Trinajstić information content (AvgIpc) is 3.51. The van der Waals surface area contributed by atoms with E-state index >= 15 is 0 Å². The highest BCUT2D eigenvalue weighted by molar-refractivity contribution is 8.77. The predicted octanol–water partition coefficient (Wildman–Crippen LogP) is -1.34. The monoisotopic (exact) mass is 621 g/mol. The summed E-state index contributed by atoms with van der Waals surface area (Å²) in [5.74, 6) is 1.19. The van der Waals surface area contributed by atoms with Gasteiger partial charge in [0.05, 0.1) is 19.3 Å². The van der Waals surface area contributed by atoms with Crippen molar-refractivity contribution >= 4 is 39.0 Å². The molecule has 15 heteroatoms. The Labute approximate surface area is 246 Å². The van der Waals surface area contributed by atoms with Crippen LogP contribution in [0.3, 0.4) is 0 Å². The maximum absolute atomic E-state index is 11.6. The molecule has 1 aromatic carbocycles. The van der Waals surface area contributed by atoms with Gasteiger partial charge in [0.2, 0.25) is 5.69 Å². The third kappa shape index (κ3) is 9.86. The van der Waals surface area contributed by atoms with Crippen LogP contribution < -0.4 is 5.32 Å². The number of hydrogen-bond donors (Lipinski definition) is 9. The van der Waals surface area contributed by atoms with Crippen molar-refractivity contribution in [2.45, 2.75) is 86.1 Å². The summed E-state index contributed by atoms with van der Waals surface area (Å²) in [6.45, 7) is -1.02. The summed E-state index contributed by atoms with van der Waals surface area (Å²) in [6, 6.07) is 6.90. The normalized spacial score (nSPS) is 29.4. The quantitative estimate of drug-likeness (QED) is 0.0344. The predicted molar refractivity (Wildman–Crippen MR) is 151 cm³/mol. The number of hydrogen-bond acceptors (Lipinski definition) is 14. The second-order valence-corrected chi connectivity index (χ2v) is 12.9. The molecule has 232 valence electrons. The number of aliphatic hydroxyl groups excluding tert-OH is 8. The van der Waals surface area contributed by atoms with Gasteiger partial charge in [-0.3, -0.25) is 0 Å². The van der Waals surface area contributed by atoms with Gasteiger partial charge < -0.3 is 55.6 Å². The summed E-state index contributed by atoms with van der Waals surface area (Å²) in [5.41, 5.74) is 1.17. The lowest BCUT2D eigenvalue weighted by atomic mass is 9.99. The van der Waals surface area contributed by atoms with Gasteiger partial charge in [0.25, 0.3) is 0 Å². The van der Waals surface area contributed by atoms with E-state index in [1.54, 1.807) is 24.3 Å². The van der Waals surface area contributed by atoms with Crippen LogP contribution in [0.25, 0.3) is 0 Å². The van der Waals surface area contributed by atoms with Gasteiger partial charge in [-0.05, 0) is 25.3 Å². The van der Waals surface area contributed by atoms with E-state index in [4.69, 9.17) is 9.47 Å². The maximum atomic E-state index is 11.6. The smallest absolute Gasteiger partial charge is 0.394 e. The molecule has 9 N–H and O–H groups in total. The van der Waals surface area contributed by atoms with Crippen molar-refractivity contribution in [2.75, 3.05) is 37.4 Å². The standard InChI is InChI=1S/C26H41N2O11S2/c29-12-20-23(35)24(36)25(37)26(39-20)38-13-19(32)22(34)21(33)18(31)11-27-15-4-3-5-16(10-15)28(14-30)8-2-1-6-17-7-9-40-41-17/h3-5,10,17-27,29,31-37H,1-2,6-9,11-13H2/q+1. The molecule has 3 rings (SSSR count). The lowest BCUT2D eigenvalue weighted by Crippen LogP contribution is -2.59. The fourth-order valence-electron chi connectivity index (χ4n) is 4.51. The molecule has 10 unspecified atom stereocenters. The van der Waals surface area contributed by atoms with Crippen LogP contribution in [-0.2, 0) is 14.3 Å². The van der Waals surface area contributed by atoms with E-state index in [0.717, 1.165) is 19.3 Å². The van der Waals surface area contributed by atoms with Gasteiger partial charge in [-0.15, -0.1) is 4.58 Å². The zero-order chi connectivity index (χ0) is 29.9. The highest BCUT2D eigenvalue weighted by atomic mass is 33.1. The Bertz CT molecular complexity index is 981. The van der Waals surface area contributed by atoms with Gasteiger partial charge in [0, 0.05) is 41.8 Å². The first-order valence-electron chi connectivity index (χ1n) is 13.6. The minimum absolute atomic E-state index is 0.205. The molecule has 0 aliphatic carbocycles. The lowest BCUT2D eigenvalue weighted by Gasteiger charge is -2.40. The largest absolute Gasteiger partial charge is 0.430 e. The Morgan fingerprint density at radius 2 is 1.83 bits per heavy atom. The van der Waals surface area contributed by atoms with E-state index in [-0.39, 0.29) is 6.54 Å². The second-order valence-electron chi connectivity index (χ2n) is 10.1. The highest BCUT2D eigenvalue weighted by Gasteiger charge is 2.44. The number of rotatable bonds is 16. The third-order valence-electron chi connectivity index (χ3n) is 7.09. The van der Waals surface area contributed by atoms with Crippen LogP contribution in [0.2, 0.25) is 0 Å².